The third-order valence-electron chi connectivity index (χ3n) is 6.57. The van der Waals surface area contributed by atoms with Crippen LogP contribution in [0.15, 0.2) is 55.1 Å². The molecule has 0 radical (unpaired) electrons. The maximum atomic E-state index is 11.4. The van der Waals surface area contributed by atoms with Crippen LogP contribution in [0, 0.1) is 11.8 Å². The van der Waals surface area contributed by atoms with Crippen molar-refractivity contribution in [1.82, 2.24) is 0 Å². The zero-order valence-corrected chi connectivity index (χ0v) is 19.5. The highest BCUT2D eigenvalue weighted by Gasteiger charge is 2.19. The molecule has 0 unspecified atom stereocenters. The third kappa shape index (κ3) is 7.18. The Morgan fingerprint density at radius 1 is 1.06 bits per heavy atom. The van der Waals surface area contributed by atoms with Crippen LogP contribution >= 0.6 is 0 Å². The van der Waals surface area contributed by atoms with Crippen molar-refractivity contribution in [2.45, 2.75) is 44.9 Å². The molecule has 1 aliphatic rings. The predicted molar refractivity (Wildman–Crippen MR) is 130 cm³/mol. The van der Waals surface area contributed by atoms with E-state index in [4.69, 9.17) is 9.47 Å². The van der Waals surface area contributed by atoms with Crippen molar-refractivity contribution in [3.8, 4) is 16.9 Å². The highest BCUT2D eigenvalue weighted by atomic mass is 16.5. The molecular formula is C28H36O5. The van der Waals surface area contributed by atoms with E-state index in [1.54, 1.807) is 0 Å². The zero-order chi connectivity index (χ0) is 23.6. The van der Waals surface area contributed by atoms with Gasteiger partial charge in [-0.25, -0.2) is 4.79 Å². The van der Waals surface area contributed by atoms with Gasteiger partial charge in [0.2, 0.25) is 0 Å². The first-order chi connectivity index (χ1) is 16.0. The molecule has 2 N–H and O–H groups in total. The molecule has 1 saturated carbocycles. The Balaban J connectivity index is 1.75. The first kappa shape index (κ1) is 25.0. The summed E-state index contributed by atoms with van der Waals surface area (Å²) < 4.78 is 11.0. The number of aliphatic hydroxyl groups excluding tert-OH is 2. The Morgan fingerprint density at radius 2 is 1.73 bits per heavy atom. The Hall–Kier alpha value is -2.63. The summed E-state index contributed by atoms with van der Waals surface area (Å²) in [7, 11) is 0. The van der Waals surface area contributed by atoms with Crippen LogP contribution in [0.5, 0.6) is 5.75 Å². The van der Waals surface area contributed by atoms with Crippen molar-refractivity contribution in [3.05, 3.63) is 66.2 Å². The van der Waals surface area contributed by atoms with Gasteiger partial charge in [-0.3, -0.25) is 0 Å². The molecule has 0 atom stereocenters. The molecule has 178 valence electrons. The molecule has 0 amide bonds. The quantitative estimate of drug-likeness (QED) is 0.375. The minimum absolute atomic E-state index is 0.146. The summed E-state index contributed by atoms with van der Waals surface area (Å²) in [6, 6.07) is 14.8. The number of ether oxygens (including phenoxy) is 2. The van der Waals surface area contributed by atoms with Gasteiger partial charge in [-0.1, -0.05) is 56.7 Å². The van der Waals surface area contributed by atoms with Gasteiger partial charge in [0, 0.05) is 18.4 Å². The number of carbonyl (C=O) groups excluding carboxylic acids is 1. The molecule has 2 aromatic rings. The van der Waals surface area contributed by atoms with Gasteiger partial charge < -0.3 is 19.7 Å². The lowest BCUT2D eigenvalue weighted by Crippen LogP contribution is -2.20. The highest BCUT2D eigenvalue weighted by Crippen LogP contribution is 2.36. The Labute approximate surface area is 197 Å². The first-order valence-electron chi connectivity index (χ1n) is 11.9. The summed E-state index contributed by atoms with van der Waals surface area (Å²) >= 11 is 0. The fourth-order valence-electron chi connectivity index (χ4n) is 4.33. The molecule has 0 spiro atoms. The number of benzene rings is 2. The smallest absolute Gasteiger partial charge is 0.330 e. The topological polar surface area (TPSA) is 76.0 Å². The largest absolute Gasteiger partial charge is 0.493 e. The van der Waals surface area contributed by atoms with Crippen molar-refractivity contribution in [1.29, 1.82) is 0 Å². The standard InChI is InChI=1S/C28H36O5/c1-3-28(31)32-15-14-26-16-25(12-13-27(26)33-19-21(17-29)18-30)24-10-8-23(9-11-24)22-6-4-20(2)5-7-22/h3,8-13,16,20-22,29-30H,1,4-7,14-15,17-19H2,2H3. The van der Waals surface area contributed by atoms with Crippen molar-refractivity contribution in [2.24, 2.45) is 11.8 Å². The minimum Gasteiger partial charge on any atom is -0.493 e. The minimum atomic E-state index is -0.457. The maximum absolute atomic E-state index is 11.4. The molecule has 5 nitrogen and oxygen atoms in total. The second-order valence-electron chi connectivity index (χ2n) is 9.07. The molecule has 0 aromatic heterocycles. The van der Waals surface area contributed by atoms with E-state index in [2.05, 4.69) is 43.8 Å². The molecular weight excluding hydrogens is 416 g/mol. The molecule has 0 saturated heterocycles. The summed E-state index contributed by atoms with van der Waals surface area (Å²) in [6.07, 6.45) is 6.78. The molecule has 33 heavy (non-hydrogen) atoms. The van der Waals surface area contributed by atoms with Gasteiger partial charge in [-0.2, -0.15) is 0 Å². The van der Waals surface area contributed by atoms with Crippen molar-refractivity contribution < 1.29 is 24.5 Å². The van der Waals surface area contributed by atoms with Crippen molar-refractivity contribution >= 4 is 5.97 Å². The number of rotatable bonds is 11. The van der Waals surface area contributed by atoms with Gasteiger partial charge in [0.05, 0.1) is 26.4 Å². The van der Waals surface area contributed by atoms with E-state index >= 15 is 0 Å². The summed E-state index contributed by atoms with van der Waals surface area (Å²) in [5.41, 5.74) is 4.52. The van der Waals surface area contributed by atoms with E-state index in [-0.39, 0.29) is 32.3 Å². The van der Waals surface area contributed by atoms with E-state index in [0.717, 1.165) is 28.7 Å². The van der Waals surface area contributed by atoms with Crippen molar-refractivity contribution in [3.63, 3.8) is 0 Å². The number of hydrogen-bond acceptors (Lipinski definition) is 5. The van der Waals surface area contributed by atoms with E-state index in [9.17, 15) is 15.0 Å². The van der Waals surface area contributed by atoms with Crippen LogP contribution in [0.1, 0.15) is 49.7 Å². The Bertz CT molecular complexity index is 893. The monoisotopic (exact) mass is 452 g/mol. The Kier molecular flexibility index (Phi) is 9.52. The van der Waals surface area contributed by atoms with Gasteiger partial charge in [-0.15, -0.1) is 0 Å². The fraction of sp³-hybridized carbons (Fsp3) is 0.464. The number of esters is 1. The van der Waals surface area contributed by atoms with E-state index in [0.29, 0.717) is 18.1 Å². The predicted octanol–water partition coefficient (Wildman–Crippen LogP) is 4.90. The summed E-state index contributed by atoms with van der Waals surface area (Å²) in [4.78, 5) is 11.4. The molecule has 0 heterocycles. The van der Waals surface area contributed by atoms with Gasteiger partial charge in [0.15, 0.2) is 0 Å². The SMILES string of the molecule is C=CC(=O)OCCc1cc(-c2ccc(C3CCC(C)CC3)cc2)ccc1OCC(CO)CO. The maximum Gasteiger partial charge on any atom is 0.330 e. The molecule has 3 rings (SSSR count). The lowest BCUT2D eigenvalue weighted by Gasteiger charge is -2.26. The van der Waals surface area contributed by atoms with Crippen LogP contribution in [0.3, 0.4) is 0 Å². The van der Waals surface area contributed by atoms with Crippen LogP contribution in [0.2, 0.25) is 0 Å². The van der Waals surface area contributed by atoms with Crippen LogP contribution in [0.4, 0.5) is 0 Å². The average molecular weight is 453 g/mol. The van der Waals surface area contributed by atoms with E-state index in [1.807, 2.05) is 12.1 Å². The third-order valence-corrected chi connectivity index (χ3v) is 6.57. The second kappa shape index (κ2) is 12.6. The molecule has 0 aliphatic heterocycles. The van der Waals surface area contributed by atoms with Gasteiger partial charge in [-0.05, 0) is 59.1 Å². The van der Waals surface area contributed by atoms with Crippen molar-refractivity contribution in [2.75, 3.05) is 26.4 Å². The second-order valence-corrected chi connectivity index (χ2v) is 9.07. The summed E-state index contributed by atoms with van der Waals surface area (Å²) in [5, 5.41) is 18.6. The normalized spacial score (nSPS) is 18.2. The number of hydrogen-bond donors (Lipinski definition) is 2. The molecule has 5 heteroatoms. The van der Waals surface area contributed by atoms with Gasteiger partial charge in [0.1, 0.15) is 5.75 Å². The highest BCUT2D eigenvalue weighted by molar-refractivity contribution is 5.81. The van der Waals surface area contributed by atoms with E-state index < -0.39 is 5.97 Å². The van der Waals surface area contributed by atoms with Crippen LogP contribution < -0.4 is 4.74 Å². The molecule has 2 aromatic carbocycles. The Morgan fingerprint density at radius 3 is 2.36 bits per heavy atom. The summed E-state index contributed by atoms with van der Waals surface area (Å²) in [6.45, 7) is 5.90. The van der Waals surface area contributed by atoms with E-state index in [1.165, 1.54) is 31.2 Å². The average Bonchev–Trinajstić information content (AvgIpc) is 2.85. The lowest BCUT2D eigenvalue weighted by molar-refractivity contribution is -0.137. The van der Waals surface area contributed by atoms with Gasteiger partial charge in [0.25, 0.3) is 0 Å². The summed E-state index contributed by atoms with van der Waals surface area (Å²) in [5.74, 6) is 1.37. The lowest BCUT2D eigenvalue weighted by atomic mass is 9.79. The zero-order valence-electron chi connectivity index (χ0n) is 19.5. The number of carbonyl (C=O) groups is 1. The molecule has 0 bridgehead atoms. The van der Waals surface area contributed by atoms with Crippen LogP contribution in [-0.2, 0) is 16.0 Å². The van der Waals surface area contributed by atoms with Crippen LogP contribution in [0.25, 0.3) is 11.1 Å². The molecule has 1 aliphatic carbocycles. The molecule has 1 fully saturated rings. The fourth-order valence-corrected chi connectivity index (χ4v) is 4.33. The van der Waals surface area contributed by atoms with Gasteiger partial charge >= 0.3 is 5.97 Å². The number of aliphatic hydroxyl groups is 2. The van der Waals surface area contributed by atoms with Crippen LogP contribution in [-0.4, -0.2) is 42.6 Å². The first-order valence-corrected chi connectivity index (χ1v) is 11.9.